The third-order valence-electron chi connectivity index (χ3n) is 6.63. The van der Waals surface area contributed by atoms with Gasteiger partial charge in [0, 0.05) is 55.3 Å². The molecule has 3 aliphatic rings. The summed E-state index contributed by atoms with van der Waals surface area (Å²) in [7, 11) is 1.87. The zero-order valence-corrected chi connectivity index (χ0v) is 15.0. The van der Waals surface area contributed by atoms with Gasteiger partial charge in [0.2, 0.25) is 0 Å². The molecule has 5 rings (SSSR count). The van der Waals surface area contributed by atoms with Gasteiger partial charge in [-0.1, -0.05) is 18.2 Å². The van der Waals surface area contributed by atoms with Gasteiger partial charge in [0.1, 0.15) is 0 Å². The largest absolute Gasteiger partial charge is 0.395 e. The molecule has 0 spiro atoms. The summed E-state index contributed by atoms with van der Waals surface area (Å²) < 4.78 is 8.35. The predicted octanol–water partition coefficient (Wildman–Crippen LogP) is 2.77. The first-order valence-corrected chi connectivity index (χ1v) is 9.77. The van der Waals surface area contributed by atoms with Crippen LogP contribution in [0.2, 0.25) is 0 Å². The molecular formula is C21H28N2O2. The minimum absolute atomic E-state index is 0.187. The Kier molecular flexibility index (Phi) is 3.88. The van der Waals surface area contributed by atoms with Gasteiger partial charge in [-0.05, 0) is 43.2 Å². The van der Waals surface area contributed by atoms with E-state index in [0.29, 0.717) is 18.5 Å². The molecule has 1 aromatic carbocycles. The normalized spacial score (nSPS) is 29.1. The molecule has 2 aromatic rings. The number of nitrogens with zero attached hydrogens (tertiary/aromatic N) is 2. The van der Waals surface area contributed by atoms with E-state index in [4.69, 9.17) is 4.74 Å². The van der Waals surface area contributed by atoms with E-state index in [9.17, 15) is 5.11 Å². The molecule has 1 saturated heterocycles. The molecule has 134 valence electrons. The average Bonchev–Trinajstić information content (AvgIpc) is 3.41. The summed E-state index contributed by atoms with van der Waals surface area (Å²) >= 11 is 0. The summed E-state index contributed by atoms with van der Waals surface area (Å²) in [5, 5.41) is 11.0. The van der Waals surface area contributed by atoms with E-state index >= 15 is 0 Å². The molecule has 4 heteroatoms. The summed E-state index contributed by atoms with van der Waals surface area (Å²) in [6.45, 7) is 3.18. The third-order valence-corrected chi connectivity index (χ3v) is 6.63. The summed E-state index contributed by atoms with van der Waals surface area (Å²) in [5.74, 6) is 1.37. The van der Waals surface area contributed by atoms with Crippen LogP contribution in [0.25, 0.3) is 10.9 Å². The lowest BCUT2D eigenvalue weighted by atomic mass is 9.76. The van der Waals surface area contributed by atoms with Crippen LogP contribution >= 0.6 is 0 Å². The number of rotatable bonds is 5. The summed E-state index contributed by atoms with van der Waals surface area (Å²) in [6.07, 6.45) is 5.42. The van der Waals surface area contributed by atoms with Crippen molar-refractivity contribution in [2.75, 3.05) is 26.8 Å². The highest BCUT2D eigenvalue weighted by Crippen LogP contribution is 2.46. The SMILES string of the molecule is CO[C@H]1CN(CC2CC2)[C@H]2Cc3c(n(CCO)c4ccccc34)[C@@H]1C2. The molecule has 0 radical (unpaired) electrons. The topological polar surface area (TPSA) is 37.6 Å². The maximum atomic E-state index is 9.63. The average molecular weight is 340 g/mol. The van der Waals surface area contributed by atoms with Gasteiger partial charge in [-0.2, -0.15) is 0 Å². The van der Waals surface area contributed by atoms with E-state index in [1.165, 1.54) is 48.0 Å². The highest BCUT2D eigenvalue weighted by molar-refractivity contribution is 5.86. The van der Waals surface area contributed by atoms with Crippen molar-refractivity contribution in [3.8, 4) is 0 Å². The van der Waals surface area contributed by atoms with E-state index in [0.717, 1.165) is 18.9 Å². The van der Waals surface area contributed by atoms with Gasteiger partial charge in [0.25, 0.3) is 0 Å². The van der Waals surface area contributed by atoms with Crippen LogP contribution in [0.3, 0.4) is 0 Å². The minimum atomic E-state index is 0.187. The van der Waals surface area contributed by atoms with E-state index in [2.05, 4.69) is 33.7 Å². The molecule has 25 heavy (non-hydrogen) atoms. The van der Waals surface area contributed by atoms with Gasteiger partial charge < -0.3 is 14.4 Å². The Morgan fingerprint density at radius 2 is 2.08 bits per heavy atom. The lowest BCUT2D eigenvalue weighted by molar-refractivity contribution is -0.0199. The molecule has 4 nitrogen and oxygen atoms in total. The third kappa shape index (κ3) is 2.54. The first kappa shape index (κ1) is 15.9. The molecule has 1 aliphatic heterocycles. The van der Waals surface area contributed by atoms with Gasteiger partial charge in [0.05, 0.1) is 12.7 Å². The van der Waals surface area contributed by atoms with Crippen molar-refractivity contribution in [1.29, 1.82) is 0 Å². The second-order valence-corrected chi connectivity index (χ2v) is 8.13. The number of benzene rings is 1. The van der Waals surface area contributed by atoms with Crippen molar-refractivity contribution in [3.63, 3.8) is 0 Å². The van der Waals surface area contributed by atoms with Gasteiger partial charge in [-0.15, -0.1) is 0 Å². The smallest absolute Gasteiger partial charge is 0.0781 e. The number of hydrogen-bond acceptors (Lipinski definition) is 3. The van der Waals surface area contributed by atoms with Crippen molar-refractivity contribution in [2.24, 2.45) is 5.92 Å². The fourth-order valence-corrected chi connectivity index (χ4v) is 5.31. The Bertz CT molecular complexity index is 780. The molecule has 0 unspecified atom stereocenters. The maximum Gasteiger partial charge on any atom is 0.0781 e. The molecule has 1 saturated carbocycles. The van der Waals surface area contributed by atoms with E-state index in [-0.39, 0.29) is 12.7 Å². The molecule has 2 aliphatic carbocycles. The van der Waals surface area contributed by atoms with Crippen molar-refractivity contribution < 1.29 is 9.84 Å². The molecule has 1 N–H and O–H groups in total. The van der Waals surface area contributed by atoms with Crippen LogP contribution in [0.4, 0.5) is 0 Å². The second kappa shape index (κ2) is 6.11. The fraction of sp³-hybridized carbons (Fsp3) is 0.619. The van der Waals surface area contributed by atoms with Gasteiger partial charge in [-0.25, -0.2) is 0 Å². The molecule has 3 atom stereocenters. The van der Waals surface area contributed by atoms with Gasteiger partial charge in [0.15, 0.2) is 0 Å². The number of methoxy groups -OCH3 is 1. The van der Waals surface area contributed by atoms with Crippen LogP contribution in [-0.2, 0) is 17.7 Å². The Labute approximate surface area is 149 Å². The molecule has 1 aromatic heterocycles. The van der Waals surface area contributed by atoms with Gasteiger partial charge in [-0.3, -0.25) is 4.90 Å². The van der Waals surface area contributed by atoms with Gasteiger partial charge >= 0.3 is 0 Å². The predicted molar refractivity (Wildman–Crippen MR) is 99.0 cm³/mol. The summed E-state index contributed by atoms with van der Waals surface area (Å²) in [5.41, 5.74) is 4.22. The number of hydrogen-bond donors (Lipinski definition) is 1. The van der Waals surface area contributed by atoms with Crippen LogP contribution in [-0.4, -0.2) is 53.5 Å². The number of aromatic nitrogens is 1. The first-order chi connectivity index (χ1) is 12.3. The minimum Gasteiger partial charge on any atom is -0.395 e. The Balaban J connectivity index is 1.62. The van der Waals surface area contributed by atoms with Crippen molar-refractivity contribution in [2.45, 2.75) is 50.3 Å². The highest BCUT2D eigenvalue weighted by Gasteiger charge is 2.44. The number of likely N-dealkylation sites (tertiary alicyclic amines) is 1. The number of aliphatic hydroxyl groups is 1. The number of fused-ring (bicyclic) bond motifs is 6. The quantitative estimate of drug-likeness (QED) is 0.909. The van der Waals surface area contributed by atoms with Crippen molar-refractivity contribution in [1.82, 2.24) is 9.47 Å². The number of aliphatic hydroxyl groups excluding tert-OH is 1. The molecule has 2 bridgehead atoms. The van der Waals surface area contributed by atoms with Crippen molar-refractivity contribution in [3.05, 3.63) is 35.5 Å². The molecule has 2 heterocycles. The lowest BCUT2D eigenvalue weighted by Gasteiger charge is -2.47. The Hall–Kier alpha value is -1.36. The Morgan fingerprint density at radius 3 is 2.84 bits per heavy atom. The first-order valence-electron chi connectivity index (χ1n) is 9.77. The number of ether oxygens (including phenoxy) is 1. The standard InChI is InChI=1S/C21H28N2O2/c1-25-20-13-22(12-14-6-7-14)15-10-17-16-4-2-3-5-19(16)23(8-9-24)21(17)18(20)11-15/h2-5,14-15,18,20,24H,6-13H2,1H3/t15-,18+,20-/m0/s1. The zero-order chi connectivity index (χ0) is 17.0. The lowest BCUT2D eigenvalue weighted by Crippen LogP contribution is -2.53. The van der Waals surface area contributed by atoms with Crippen LogP contribution in [0.15, 0.2) is 24.3 Å². The number of piperidine rings is 1. The molecule has 0 amide bonds. The monoisotopic (exact) mass is 340 g/mol. The summed E-state index contributed by atoms with van der Waals surface area (Å²) in [4.78, 5) is 2.71. The van der Waals surface area contributed by atoms with Crippen LogP contribution in [0, 0.1) is 5.92 Å². The van der Waals surface area contributed by atoms with E-state index < -0.39 is 0 Å². The molecular weight excluding hydrogens is 312 g/mol. The summed E-state index contributed by atoms with van der Waals surface area (Å²) in [6, 6.07) is 9.37. The van der Waals surface area contributed by atoms with Crippen LogP contribution < -0.4 is 0 Å². The fourth-order valence-electron chi connectivity index (χ4n) is 5.31. The Morgan fingerprint density at radius 1 is 1.24 bits per heavy atom. The number of para-hydroxylation sites is 1. The van der Waals surface area contributed by atoms with Crippen LogP contribution in [0.1, 0.15) is 36.4 Å². The van der Waals surface area contributed by atoms with Crippen LogP contribution in [0.5, 0.6) is 0 Å². The van der Waals surface area contributed by atoms with Crippen molar-refractivity contribution >= 4 is 10.9 Å². The molecule has 2 fully saturated rings. The van der Waals surface area contributed by atoms with E-state index in [1.807, 2.05) is 7.11 Å². The maximum absolute atomic E-state index is 9.63. The zero-order valence-electron chi connectivity index (χ0n) is 15.0. The van der Waals surface area contributed by atoms with E-state index in [1.54, 1.807) is 0 Å². The highest BCUT2D eigenvalue weighted by atomic mass is 16.5. The second-order valence-electron chi connectivity index (χ2n) is 8.13.